The van der Waals surface area contributed by atoms with Crippen molar-refractivity contribution in [1.82, 2.24) is 10.2 Å². The monoisotopic (exact) mass is 254 g/mol. The van der Waals surface area contributed by atoms with E-state index in [1.165, 1.54) is 4.88 Å². The van der Waals surface area contributed by atoms with Crippen LogP contribution < -0.4 is 5.32 Å². The van der Waals surface area contributed by atoms with Gasteiger partial charge in [0.25, 0.3) is 0 Å². The fourth-order valence-electron chi connectivity index (χ4n) is 1.77. The number of hydrogen-bond acceptors (Lipinski definition) is 3. The Labute approximate surface area is 110 Å². The summed E-state index contributed by atoms with van der Waals surface area (Å²) >= 11 is 1.85. The van der Waals surface area contributed by atoms with Crippen LogP contribution in [0.25, 0.3) is 0 Å². The molecule has 1 N–H and O–H groups in total. The molecule has 1 unspecified atom stereocenters. The van der Waals surface area contributed by atoms with Crippen LogP contribution in [-0.2, 0) is 6.54 Å². The van der Waals surface area contributed by atoms with Gasteiger partial charge >= 0.3 is 0 Å². The molecule has 0 saturated carbocycles. The molecule has 0 aliphatic carbocycles. The molecule has 1 aromatic heterocycles. The molecule has 0 amide bonds. The largest absolute Gasteiger partial charge is 0.311 e. The van der Waals surface area contributed by atoms with Crippen LogP contribution in [0.3, 0.4) is 0 Å². The molecular weight excluding hydrogens is 228 g/mol. The maximum absolute atomic E-state index is 3.58. The standard InChI is InChI=1S/C14H26N2S/c1-6-16(11-13-8-7-9-17-13)12(2)10-15-14(3,4)5/h7-9,12,15H,6,10-11H2,1-5H3. The van der Waals surface area contributed by atoms with E-state index in [9.17, 15) is 0 Å². The van der Waals surface area contributed by atoms with Crippen LogP contribution in [-0.4, -0.2) is 29.6 Å². The summed E-state index contributed by atoms with van der Waals surface area (Å²) in [7, 11) is 0. The van der Waals surface area contributed by atoms with Crippen LogP contribution in [0, 0.1) is 0 Å². The van der Waals surface area contributed by atoms with Gasteiger partial charge in [-0.05, 0) is 45.7 Å². The molecule has 0 bridgehead atoms. The molecule has 0 aliphatic rings. The highest BCUT2D eigenvalue weighted by molar-refractivity contribution is 7.09. The van der Waals surface area contributed by atoms with Crippen molar-refractivity contribution in [3.63, 3.8) is 0 Å². The van der Waals surface area contributed by atoms with E-state index in [2.05, 4.69) is 62.3 Å². The normalized spacial score (nSPS) is 14.2. The molecule has 3 heteroatoms. The Morgan fingerprint density at radius 2 is 2.12 bits per heavy atom. The highest BCUT2D eigenvalue weighted by Gasteiger charge is 2.16. The van der Waals surface area contributed by atoms with Crippen LogP contribution in [0.4, 0.5) is 0 Å². The SMILES string of the molecule is CCN(Cc1cccs1)C(C)CNC(C)(C)C. The van der Waals surface area contributed by atoms with E-state index in [1.54, 1.807) is 0 Å². The zero-order valence-corrected chi connectivity index (χ0v) is 12.6. The van der Waals surface area contributed by atoms with Gasteiger partial charge in [0.1, 0.15) is 0 Å². The Hall–Kier alpha value is -0.380. The van der Waals surface area contributed by atoms with Gasteiger partial charge in [-0.1, -0.05) is 13.0 Å². The molecule has 0 aliphatic heterocycles. The second kappa shape index (κ2) is 6.53. The average Bonchev–Trinajstić information content (AvgIpc) is 2.74. The van der Waals surface area contributed by atoms with Crippen LogP contribution in [0.15, 0.2) is 17.5 Å². The minimum absolute atomic E-state index is 0.205. The lowest BCUT2D eigenvalue weighted by molar-refractivity contribution is 0.197. The van der Waals surface area contributed by atoms with E-state index in [4.69, 9.17) is 0 Å². The number of nitrogens with one attached hydrogen (secondary N) is 1. The molecule has 0 fully saturated rings. The van der Waals surface area contributed by atoms with Gasteiger partial charge in [-0.25, -0.2) is 0 Å². The van der Waals surface area contributed by atoms with Gasteiger partial charge in [0.2, 0.25) is 0 Å². The first kappa shape index (κ1) is 14.7. The molecule has 0 saturated heterocycles. The van der Waals surface area contributed by atoms with Gasteiger partial charge in [-0.2, -0.15) is 0 Å². The summed E-state index contributed by atoms with van der Waals surface area (Å²) in [5.41, 5.74) is 0.205. The van der Waals surface area contributed by atoms with Crippen molar-refractivity contribution < 1.29 is 0 Å². The molecule has 1 atom stereocenters. The maximum atomic E-state index is 3.58. The first-order valence-corrected chi connectivity index (χ1v) is 7.32. The van der Waals surface area contributed by atoms with Gasteiger partial charge in [-0.3, -0.25) is 4.90 Å². The number of hydrogen-bond donors (Lipinski definition) is 1. The van der Waals surface area contributed by atoms with E-state index < -0.39 is 0 Å². The molecule has 1 heterocycles. The summed E-state index contributed by atoms with van der Waals surface area (Å²) in [4.78, 5) is 3.97. The Morgan fingerprint density at radius 3 is 2.59 bits per heavy atom. The number of likely N-dealkylation sites (N-methyl/N-ethyl adjacent to an activating group) is 1. The van der Waals surface area contributed by atoms with E-state index in [-0.39, 0.29) is 5.54 Å². The van der Waals surface area contributed by atoms with Crippen molar-refractivity contribution in [1.29, 1.82) is 0 Å². The zero-order chi connectivity index (χ0) is 12.9. The molecule has 0 spiro atoms. The predicted octanol–water partition coefficient (Wildman–Crippen LogP) is 3.35. The summed E-state index contributed by atoms with van der Waals surface area (Å²) in [6, 6.07) is 4.92. The van der Waals surface area contributed by atoms with Gasteiger partial charge in [0.15, 0.2) is 0 Å². The molecule has 2 nitrogen and oxygen atoms in total. The fraction of sp³-hybridized carbons (Fsp3) is 0.714. The van der Waals surface area contributed by atoms with E-state index in [0.717, 1.165) is 19.6 Å². The lowest BCUT2D eigenvalue weighted by atomic mass is 10.1. The maximum Gasteiger partial charge on any atom is 0.0331 e. The fourth-order valence-corrected chi connectivity index (χ4v) is 2.49. The highest BCUT2D eigenvalue weighted by Crippen LogP contribution is 2.13. The number of nitrogens with zero attached hydrogens (tertiary/aromatic N) is 1. The Balaban J connectivity index is 2.44. The summed E-state index contributed by atoms with van der Waals surface area (Å²) in [5.74, 6) is 0. The summed E-state index contributed by atoms with van der Waals surface area (Å²) in [5, 5.41) is 5.73. The van der Waals surface area contributed by atoms with Crippen molar-refractivity contribution >= 4 is 11.3 Å². The molecule has 1 aromatic rings. The second-order valence-corrected chi connectivity index (χ2v) is 6.65. The molecule has 17 heavy (non-hydrogen) atoms. The molecule has 0 radical (unpaired) electrons. The quantitative estimate of drug-likeness (QED) is 0.837. The van der Waals surface area contributed by atoms with Crippen molar-refractivity contribution in [3.05, 3.63) is 22.4 Å². The van der Waals surface area contributed by atoms with Crippen LogP contribution in [0.2, 0.25) is 0 Å². The average molecular weight is 254 g/mol. The number of rotatable bonds is 6. The third-order valence-corrected chi connectivity index (χ3v) is 3.76. The third-order valence-electron chi connectivity index (χ3n) is 2.90. The summed E-state index contributed by atoms with van der Waals surface area (Å²) in [6.07, 6.45) is 0. The lowest BCUT2D eigenvalue weighted by Crippen LogP contribution is -2.46. The summed E-state index contributed by atoms with van der Waals surface area (Å²) in [6.45, 7) is 14.4. The zero-order valence-electron chi connectivity index (χ0n) is 11.8. The first-order valence-electron chi connectivity index (χ1n) is 6.44. The predicted molar refractivity (Wildman–Crippen MR) is 77.6 cm³/mol. The van der Waals surface area contributed by atoms with Gasteiger partial charge in [0, 0.05) is 29.5 Å². The Kier molecular flexibility index (Phi) is 5.63. The minimum Gasteiger partial charge on any atom is -0.311 e. The lowest BCUT2D eigenvalue weighted by Gasteiger charge is -2.31. The van der Waals surface area contributed by atoms with Crippen LogP contribution >= 0.6 is 11.3 Å². The smallest absolute Gasteiger partial charge is 0.0331 e. The van der Waals surface area contributed by atoms with Crippen molar-refractivity contribution in [2.75, 3.05) is 13.1 Å². The van der Waals surface area contributed by atoms with E-state index in [1.807, 2.05) is 11.3 Å². The van der Waals surface area contributed by atoms with E-state index >= 15 is 0 Å². The van der Waals surface area contributed by atoms with Gasteiger partial charge < -0.3 is 5.32 Å². The van der Waals surface area contributed by atoms with Crippen molar-refractivity contribution in [2.24, 2.45) is 0 Å². The first-order chi connectivity index (χ1) is 7.92. The molecule has 1 rings (SSSR count). The van der Waals surface area contributed by atoms with Gasteiger partial charge in [0.05, 0.1) is 0 Å². The van der Waals surface area contributed by atoms with Gasteiger partial charge in [-0.15, -0.1) is 11.3 Å². The Bertz CT molecular complexity index is 301. The number of thiophene rings is 1. The molecule has 98 valence electrons. The van der Waals surface area contributed by atoms with E-state index in [0.29, 0.717) is 6.04 Å². The van der Waals surface area contributed by atoms with Crippen molar-refractivity contribution in [3.8, 4) is 0 Å². The molecule has 0 aromatic carbocycles. The molecular formula is C14H26N2S. The highest BCUT2D eigenvalue weighted by atomic mass is 32.1. The minimum atomic E-state index is 0.205. The van der Waals surface area contributed by atoms with Crippen LogP contribution in [0.1, 0.15) is 39.5 Å². The second-order valence-electron chi connectivity index (χ2n) is 5.62. The van der Waals surface area contributed by atoms with Crippen molar-refractivity contribution in [2.45, 2.75) is 52.7 Å². The third kappa shape index (κ3) is 5.66. The topological polar surface area (TPSA) is 15.3 Å². The Morgan fingerprint density at radius 1 is 1.41 bits per heavy atom. The summed E-state index contributed by atoms with van der Waals surface area (Å²) < 4.78 is 0. The van der Waals surface area contributed by atoms with Crippen LogP contribution in [0.5, 0.6) is 0 Å².